The molecule has 0 saturated carbocycles. The first-order valence-electron chi connectivity index (χ1n) is 8.59. The molecule has 4 heteroatoms. The van der Waals surface area contributed by atoms with Crippen molar-refractivity contribution in [2.75, 3.05) is 13.2 Å². The molecule has 2 aliphatic rings. The molecular formula is C18H34O4. The Bertz CT molecular complexity index is 339. The zero-order chi connectivity index (χ0) is 16.7. The van der Waals surface area contributed by atoms with Crippen molar-refractivity contribution in [1.82, 2.24) is 0 Å². The predicted octanol–water partition coefficient (Wildman–Crippen LogP) is 3.83. The highest BCUT2D eigenvalue weighted by Gasteiger charge is 2.47. The molecule has 0 N–H and O–H groups in total. The lowest BCUT2D eigenvalue weighted by molar-refractivity contribution is -0.381. The molecule has 0 aliphatic carbocycles. The molecule has 0 amide bonds. The molecule has 0 aromatic heterocycles. The van der Waals surface area contributed by atoms with Crippen molar-refractivity contribution in [1.29, 1.82) is 0 Å². The van der Waals surface area contributed by atoms with Gasteiger partial charge in [-0.3, -0.25) is 0 Å². The summed E-state index contributed by atoms with van der Waals surface area (Å²) in [5.41, 5.74) is 0.0199. The van der Waals surface area contributed by atoms with Crippen LogP contribution in [-0.2, 0) is 18.9 Å². The Hall–Kier alpha value is -0.160. The van der Waals surface area contributed by atoms with E-state index in [2.05, 4.69) is 55.4 Å². The second-order valence-electron chi connectivity index (χ2n) is 8.94. The highest BCUT2D eigenvalue weighted by atomic mass is 16.8. The van der Waals surface area contributed by atoms with Crippen LogP contribution in [0.25, 0.3) is 0 Å². The Morgan fingerprint density at radius 2 is 1.00 bits per heavy atom. The monoisotopic (exact) mass is 314 g/mol. The maximum Gasteiger partial charge on any atom is 0.209 e. The van der Waals surface area contributed by atoms with E-state index in [9.17, 15) is 0 Å². The molecule has 0 radical (unpaired) electrons. The highest BCUT2D eigenvalue weighted by Crippen LogP contribution is 2.40. The first-order chi connectivity index (χ1) is 10.0. The van der Waals surface area contributed by atoms with Gasteiger partial charge in [-0.15, -0.1) is 0 Å². The Morgan fingerprint density at radius 3 is 1.27 bits per heavy atom. The molecule has 2 rings (SSSR count). The van der Waals surface area contributed by atoms with Gasteiger partial charge in [0.25, 0.3) is 0 Å². The zero-order valence-electron chi connectivity index (χ0n) is 15.5. The zero-order valence-corrected chi connectivity index (χ0v) is 15.5. The molecule has 0 aromatic rings. The van der Waals surface area contributed by atoms with Gasteiger partial charge < -0.3 is 18.9 Å². The van der Waals surface area contributed by atoms with Crippen LogP contribution in [0.3, 0.4) is 0 Å². The van der Waals surface area contributed by atoms with Crippen LogP contribution in [0, 0.1) is 22.7 Å². The molecule has 0 spiro atoms. The van der Waals surface area contributed by atoms with E-state index in [1.807, 2.05) is 0 Å². The fraction of sp³-hybridized carbons (Fsp3) is 1.00. The lowest BCUT2D eigenvalue weighted by Gasteiger charge is -2.49. The molecule has 4 atom stereocenters. The van der Waals surface area contributed by atoms with E-state index in [4.69, 9.17) is 18.9 Å². The van der Waals surface area contributed by atoms with Gasteiger partial charge >= 0.3 is 0 Å². The van der Waals surface area contributed by atoms with Gasteiger partial charge in [-0.2, -0.15) is 0 Å². The van der Waals surface area contributed by atoms with Crippen molar-refractivity contribution in [3.63, 3.8) is 0 Å². The van der Waals surface area contributed by atoms with E-state index in [1.54, 1.807) is 0 Å². The summed E-state index contributed by atoms with van der Waals surface area (Å²) < 4.78 is 24.3. The molecular weight excluding hydrogens is 280 g/mol. The van der Waals surface area contributed by atoms with Crippen LogP contribution in [-0.4, -0.2) is 38.0 Å². The first-order valence-corrected chi connectivity index (χ1v) is 8.59. The van der Waals surface area contributed by atoms with Gasteiger partial charge in [0.1, 0.15) is 0 Å². The van der Waals surface area contributed by atoms with Crippen molar-refractivity contribution in [3.05, 3.63) is 0 Å². The molecule has 22 heavy (non-hydrogen) atoms. The van der Waals surface area contributed by atoms with E-state index >= 15 is 0 Å². The van der Waals surface area contributed by atoms with Crippen LogP contribution < -0.4 is 0 Å². The summed E-state index contributed by atoms with van der Waals surface area (Å²) in [4.78, 5) is 0. The number of rotatable bonds is 3. The van der Waals surface area contributed by atoms with E-state index in [1.165, 1.54) is 0 Å². The maximum atomic E-state index is 6.23. The summed E-state index contributed by atoms with van der Waals surface area (Å²) in [5, 5.41) is 0. The molecule has 0 bridgehead atoms. The van der Waals surface area contributed by atoms with Gasteiger partial charge in [-0.25, -0.2) is 0 Å². The third kappa shape index (κ3) is 3.66. The van der Waals surface area contributed by atoms with Crippen molar-refractivity contribution < 1.29 is 18.9 Å². The maximum absolute atomic E-state index is 6.23. The van der Waals surface area contributed by atoms with Crippen LogP contribution in [0.4, 0.5) is 0 Å². The second-order valence-corrected chi connectivity index (χ2v) is 8.94. The van der Waals surface area contributed by atoms with Crippen LogP contribution in [0.15, 0.2) is 0 Å². The van der Waals surface area contributed by atoms with Gasteiger partial charge in [-0.05, 0) is 11.8 Å². The Kier molecular flexibility index (Phi) is 5.28. The molecule has 4 nitrogen and oxygen atoms in total. The van der Waals surface area contributed by atoms with Gasteiger partial charge in [0, 0.05) is 10.8 Å². The summed E-state index contributed by atoms with van der Waals surface area (Å²) >= 11 is 0. The summed E-state index contributed by atoms with van der Waals surface area (Å²) in [5.74, 6) is 0.865. The third-order valence-electron chi connectivity index (χ3n) is 4.77. The molecule has 130 valence electrons. The highest BCUT2D eigenvalue weighted by molar-refractivity contribution is 4.88. The third-order valence-corrected chi connectivity index (χ3v) is 4.77. The first kappa shape index (κ1) is 18.2. The summed E-state index contributed by atoms with van der Waals surface area (Å²) in [6.45, 7) is 18.9. The summed E-state index contributed by atoms with van der Waals surface area (Å²) in [7, 11) is 0. The average Bonchev–Trinajstić information content (AvgIpc) is 2.37. The van der Waals surface area contributed by atoms with Gasteiger partial charge in [0.2, 0.25) is 12.6 Å². The van der Waals surface area contributed by atoms with E-state index < -0.39 is 12.6 Å². The van der Waals surface area contributed by atoms with E-state index in [0.29, 0.717) is 25.0 Å². The number of hydrogen-bond donors (Lipinski definition) is 0. The SMILES string of the molecule is CC(C)[C@@H]1O[C@H]([C@H]2OCC(C)(C)[C@H](C(C)C)O2)OCC1(C)C. The lowest BCUT2D eigenvalue weighted by Crippen LogP contribution is -2.57. The molecule has 2 saturated heterocycles. The van der Waals surface area contributed by atoms with Gasteiger partial charge in [0.05, 0.1) is 25.4 Å². The summed E-state index contributed by atoms with van der Waals surface area (Å²) in [6, 6.07) is 0. The largest absolute Gasteiger partial charge is 0.347 e. The average molecular weight is 314 g/mol. The van der Waals surface area contributed by atoms with Crippen LogP contribution >= 0.6 is 0 Å². The fourth-order valence-electron chi connectivity index (χ4n) is 3.90. The van der Waals surface area contributed by atoms with E-state index in [0.717, 1.165) is 0 Å². The van der Waals surface area contributed by atoms with Crippen molar-refractivity contribution in [2.24, 2.45) is 22.7 Å². The van der Waals surface area contributed by atoms with Crippen LogP contribution in [0.1, 0.15) is 55.4 Å². The van der Waals surface area contributed by atoms with Crippen molar-refractivity contribution in [2.45, 2.75) is 80.2 Å². The topological polar surface area (TPSA) is 36.9 Å². The number of ether oxygens (including phenoxy) is 4. The molecule has 0 aromatic carbocycles. The van der Waals surface area contributed by atoms with Gasteiger partial charge in [0.15, 0.2) is 0 Å². The van der Waals surface area contributed by atoms with Gasteiger partial charge in [-0.1, -0.05) is 55.4 Å². The Balaban J connectivity index is 2.06. The Morgan fingerprint density at radius 1 is 0.682 bits per heavy atom. The van der Waals surface area contributed by atoms with Crippen molar-refractivity contribution in [3.8, 4) is 0 Å². The predicted molar refractivity (Wildman–Crippen MR) is 86.5 cm³/mol. The molecule has 2 heterocycles. The summed E-state index contributed by atoms with van der Waals surface area (Å²) in [6.07, 6.45) is -0.577. The smallest absolute Gasteiger partial charge is 0.209 e. The number of hydrogen-bond acceptors (Lipinski definition) is 4. The molecule has 0 unspecified atom stereocenters. The minimum Gasteiger partial charge on any atom is -0.347 e. The molecule has 2 aliphatic heterocycles. The minimum atomic E-state index is -0.433. The Labute approximate surface area is 135 Å². The van der Waals surface area contributed by atoms with Crippen LogP contribution in [0.5, 0.6) is 0 Å². The quantitative estimate of drug-likeness (QED) is 0.793. The van der Waals surface area contributed by atoms with E-state index in [-0.39, 0.29) is 23.0 Å². The van der Waals surface area contributed by atoms with Crippen molar-refractivity contribution >= 4 is 0 Å². The lowest BCUT2D eigenvalue weighted by atomic mass is 9.80. The van der Waals surface area contributed by atoms with Crippen LogP contribution in [0.2, 0.25) is 0 Å². The fourth-order valence-corrected chi connectivity index (χ4v) is 3.90. The molecule has 2 fully saturated rings. The normalized spacial score (nSPS) is 38.5. The standard InChI is InChI=1S/C18H34O4/c1-11(2)13-17(5,6)9-19-15(21-13)16-20-10-18(7,8)14(22-16)12(3)4/h11-16H,9-10H2,1-8H3/t13-,14-,15-,16+/m0/s1. The minimum absolute atomic E-state index is 0.00997. The second kappa shape index (κ2) is 6.39.